The van der Waals surface area contributed by atoms with Crippen LogP contribution in [0.3, 0.4) is 0 Å². The first kappa shape index (κ1) is 10.2. The van der Waals surface area contributed by atoms with E-state index in [4.69, 9.17) is 0 Å². The van der Waals surface area contributed by atoms with Gasteiger partial charge in [-0.05, 0) is 36.2 Å². The molecule has 80 valence electrons. The van der Waals surface area contributed by atoms with Crippen molar-refractivity contribution in [1.82, 2.24) is 9.88 Å². The molecule has 15 heavy (non-hydrogen) atoms. The Morgan fingerprint density at radius 2 is 2.20 bits per heavy atom. The first-order chi connectivity index (χ1) is 7.31. The number of aromatic nitrogens is 1. The van der Waals surface area contributed by atoms with Crippen LogP contribution < -0.4 is 5.32 Å². The Bertz CT molecular complexity index is 448. The maximum Gasteiger partial charge on any atom is 0.125 e. The molecule has 0 aliphatic carbocycles. The molecule has 2 aromatic rings. The van der Waals surface area contributed by atoms with Crippen molar-refractivity contribution in [1.29, 1.82) is 0 Å². The van der Waals surface area contributed by atoms with Crippen LogP contribution in [0.2, 0.25) is 0 Å². The number of halogens is 1. The average Bonchev–Trinajstić information content (AvgIpc) is 2.62. The molecule has 0 amide bonds. The first-order valence-electron chi connectivity index (χ1n) is 5.26. The van der Waals surface area contributed by atoms with Crippen LogP contribution in [0.25, 0.3) is 10.9 Å². The number of benzene rings is 1. The number of fused-ring (bicyclic) bond motifs is 1. The molecule has 0 aliphatic heterocycles. The van der Waals surface area contributed by atoms with Gasteiger partial charge in [0.15, 0.2) is 0 Å². The van der Waals surface area contributed by atoms with Gasteiger partial charge in [-0.3, -0.25) is 0 Å². The molecule has 0 unspecified atom stereocenters. The molecule has 0 fully saturated rings. The largest absolute Gasteiger partial charge is 0.346 e. The van der Waals surface area contributed by atoms with Crippen LogP contribution in [-0.2, 0) is 6.54 Å². The van der Waals surface area contributed by atoms with Gasteiger partial charge in [-0.25, -0.2) is 4.39 Å². The number of nitrogens with one attached hydrogen (secondary N) is 1. The fourth-order valence-electron chi connectivity index (χ4n) is 1.73. The van der Waals surface area contributed by atoms with E-state index in [1.54, 1.807) is 6.07 Å². The summed E-state index contributed by atoms with van der Waals surface area (Å²) >= 11 is 0. The normalized spacial score (nSPS) is 11.1. The lowest BCUT2D eigenvalue weighted by atomic mass is 10.2. The maximum absolute atomic E-state index is 13.1. The Hall–Kier alpha value is -1.35. The van der Waals surface area contributed by atoms with Crippen LogP contribution in [0.5, 0.6) is 0 Å². The zero-order valence-corrected chi connectivity index (χ0v) is 8.83. The second-order valence-electron chi connectivity index (χ2n) is 3.57. The maximum atomic E-state index is 13.1. The monoisotopic (exact) mass is 206 g/mol. The summed E-state index contributed by atoms with van der Waals surface area (Å²) in [5.41, 5.74) is 0.966. The molecule has 0 radical (unpaired) electrons. The summed E-state index contributed by atoms with van der Waals surface area (Å²) < 4.78 is 15.1. The Morgan fingerprint density at radius 3 is 3.00 bits per heavy atom. The van der Waals surface area contributed by atoms with E-state index in [9.17, 15) is 4.39 Å². The molecule has 2 nitrogen and oxygen atoms in total. The molecule has 0 saturated heterocycles. The van der Waals surface area contributed by atoms with E-state index in [-0.39, 0.29) is 5.82 Å². The third kappa shape index (κ3) is 2.18. The van der Waals surface area contributed by atoms with Gasteiger partial charge in [-0.1, -0.05) is 6.92 Å². The van der Waals surface area contributed by atoms with Crippen molar-refractivity contribution < 1.29 is 4.39 Å². The van der Waals surface area contributed by atoms with E-state index in [0.717, 1.165) is 30.5 Å². The molecule has 3 heteroatoms. The van der Waals surface area contributed by atoms with Gasteiger partial charge < -0.3 is 9.88 Å². The highest BCUT2D eigenvalue weighted by atomic mass is 19.1. The predicted octanol–water partition coefficient (Wildman–Crippen LogP) is 2.39. The molecule has 0 bridgehead atoms. The Morgan fingerprint density at radius 1 is 1.33 bits per heavy atom. The summed E-state index contributed by atoms with van der Waals surface area (Å²) in [6.07, 6.45) is 2.00. The molecular formula is C12H15FN2. The average molecular weight is 206 g/mol. The van der Waals surface area contributed by atoms with E-state index in [0.29, 0.717) is 0 Å². The molecule has 1 aromatic heterocycles. The van der Waals surface area contributed by atoms with Gasteiger partial charge in [0.2, 0.25) is 0 Å². The lowest BCUT2D eigenvalue weighted by molar-refractivity contribution is 0.617. The second kappa shape index (κ2) is 4.45. The highest BCUT2D eigenvalue weighted by Crippen LogP contribution is 2.16. The van der Waals surface area contributed by atoms with Crippen molar-refractivity contribution in [2.24, 2.45) is 0 Å². The van der Waals surface area contributed by atoms with E-state index < -0.39 is 0 Å². The molecule has 1 heterocycles. The topological polar surface area (TPSA) is 17.0 Å². The van der Waals surface area contributed by atoms with Gasteiger partial charge in [-0.2, -0.15) is 0 Å². The van der Waals surface area contributed by atoms with Crippen LogP contribution in [-0.4, -0.2) is 17.7 Å². The van der Waals surface area contributed by atoms with E-state index in [1.165, 1.54) is 6.07 Å². The highest BCUT2D eigenvalue weighted by Gasteiger charge is 2.01. The van der Waals surface area contributed by atoms with Crippen LogP contribution in [0.4, 0.5) is 4.39 Å². The van der Waals surface area contributed by atoms with Gasteiger partial charge in [0.25, 0.3) is 0 Å². The van der Waals surface area contributed by atoms with Crippen LogP contribution in [0.1, 0.15) is 6.92 Å². The molecular weight excluding hydrogens is 191 g/mol. The quantitative estimate of drug-likeness (QED) is 0.760. The van der Waals surface area contributed by atoms with E-state index in [2.05, 4.69) is 16.8 Å². The number of likely N-dealkylation sites (N-methyl/N-ethyl adjacent to an activating group) is 1. The number of hydrogen-bond donors (Lipinski definition) is 1. The van der Waals surface area contributed by atoms with Crippen molar-refractivity contribution in [2.45, 2.75) is 13.5 Å². The number of hydrogen-bond acceptors (Lipinski definition) is 1. The summed E-state index contributed by atoms with van der Waals surface area (Å²) in [6.45, 7) is 4.83. The second-order valence-corrected chi connectivity index (χ2v) is 3.57. The molecule has 0 spiro atoms. The third-order valence-corrected chi connectivity index (χ3v) is 2.52. The summed E-state index contributed by atoms with van der Waals surface area (Å²) in [5.74, 6) is -0.175. The van der Waals surface area contributed by atoms with Crippen molar-refractivity contribution in [3.8, 4) is 0 Å². The summed E-state index contributed by atoms with van der Waals surface area (Å²) in [6, 6.07) is 6.91. The SMILES string of the molecule is CCNCCn1ccc2ccc(F)cc21. The zero-order valence-electron chi connectivity index (χ0n) is 8.83. The summed E-state index contributed by atoms with van der Waals surface area (Å²) in [7, 11) is 0. The standard InChI is InChI=1S/C12H15FN2/c1-2-14-6-8-15-7-5-10-3-4-11(13)9-12(10)15/h3-5,7,9,14H,2,6,8H2,1H3. The lowest BCUT2D eigenvalue weighted by Crippen LogP contribution is -2.18. The van der Waals surface area contributed by atoms with E-state index >= 15 is 0 Å². The zero-order chi connectivity index (χ0) is 10.7. The molecule has 1 N–H and O–H groups in total. The molecule has 2 rings (SSSR count). The van der Waals surface area contributed by atoms with E-state index in [1.807, 2.05) is 18.3 Å². The molecule has 1 aromatic carbocycles. The van der Waals surface area contributed by atoms with Crippen molar-refractivity contribution in [2.75, 3.05) is 13.1 Å². The highest BCUT2D eigenvalue weighted by molar-refractivity contribution is 5.80. The molecule has 0 saturated carbocycles. The van der Waals surface area contributed by atoms with Gasteiger partial charge in [-0.15, -0.1) is 0 Å². The van der Waals surface area contributed by atoms with Gasteiger partial charge in [0.05, 0.1) is 5.52 Å². The fraction of sp³-hybridized carbons (Fsp3) is 0.333. The molecule has 0 aliphatic rings. The Kier molecular flexibility index (Phi) is 3.02. The Balaban J connectivity index is 2.23. The van der Waals surface area contributed by atoms with Crippen LogP contribution in [0, 0.1) is 5.82 Å². The van der Waals surface area contributed by atoms with Crippen LogP contribution in [0.15, 0.2) is 30.5 Å². The number of rotatable bonds is 4. The van der Waals surface area contributed by atoms with Crippen molar-refractivity contribution in [3.63, 3.8) is 0 Å². The fourth-order valence-corrected chi connectivity index (χ4v) is 1.73. The van der Waals surface area contributed by atoms with Gasteiger partial charge in [0.1, 0.15) is 5.82 Å². The summed E-state index contributed by atoms with van der Waals surface area (Å²) in [4.78, 5) is 0. The first-order valence-corrected chi connectivity index (χ1v) is 5.26. The Labute approximate surface area is 88.7 Å². The minimum Gasteiger partial charge on any atom is -0.346 e. The smallest absolute Gasteiger partial charge is 0.125 e. The van der Waals surface area contributed by atoms with Crippen molar-refractivity contribution >= 4 is 10.9 Å². The van der Waals surface area contributed by atoms with Gasteiger partial charge >= 0.3 is 0 Å². The minimum atomic E-state index is -0.175. The van der Waals surface area contributed by atoms with Crippen LogP contribution >= 0.6 is 0 Å². The minimum absolute atomic E-state index is 0.175. The van der Waals surface area contributed by atoms with Gasteiger partial charge in [0, 0.05) is 19.3 Å². The third-order valence-electron chi connectivity index (χ3n) is 2.52. The molecule has 0 atom stereocenters. The predicted molar refractivity (Wildman–Crippen MR) is 60.4 cm³/mol. The number of nitrogens with zero attached hydrogens (tertiary/aromatic N) is 1. The van der Waals surface area contributed by atoms with Crippen molar-refractivity contribution in [3.05, 3.63) is 36.3 Å². The summed E-state index contributed by atoms with van der Waals surface area (Å²) in [5, 5.41) is 4.34. The lowest BCUT2D eigenvalue weighted by Gasteiger charge is -2.05.